The Morgan fingerprint density at radius 3 is 2.57 bits per heavy atom. The van der Waals surface area contributed by atoms with Crippen LogP contribution < -0.4 is 10.5 Å². The summed E-state index contributed by atoms with van der Waals surface area (Å²) in [7, 11) is 1.72. The molecule has 4 rings (SSSR count). The van der Waals surface area contributed by atoms with Crippen molar-refractivity contribution in [2.75, 3.05) is 13.7 Å². The van der Waals surface area contributed by atoms with Crippen LogP contribution in [0, 0.1) is 5.41 Å². The van der Waals surface area contributed by atoms with Gasteiger partial charge in [-0.05, 0) is 63.6 Å². The quantitative estimate of drug-likeness (QED) is 0.790. The molecule has 2 spiro atoms. The van der Waals surface area contributed by atoms with Crippen LogP contribution in [0.5, 0.6) is 5.75 Å². The first-order chi connectivity index (χ1) is 14.1. The van der Waals surface area contributed by atoms with Gasteiger partial charge < -0.3 is 15.2 Å². The van der Waals surface area contributed by atoms with E-state index in [1.807, 2.05) is 19.9 Å². The zero-order valence-electron chi connectivity index (χ0n) is 17.5. The number of hydroxylamine groups is 2. The molecule has 0 radical (unpaired) electrons. The lowest BCUT2D eigenvalue weighted by Crippen LogP contribution is -2.48. The summed E-state index contributed by atoms with van der Waals surface area (Å²) in [6.07, 6.45) is -0.123. The van der Waals surface area contributed by atoms with Crippen molar-refractivity contribution in [1.29, 1.82) is 0 Å². The van der Waals surface area contributed by atoms with Gasteiger partial charge in [0.1, 0.15) is 5.75 Å². The predicted molar refractivity (Wildman–Crippen MR) is 105 cm³/mol. The topological polar surface area (TPSA) is 69.3 Å². The molecule has 0 saturated heterocycles. The Morgan fingerprint density at radius 1 is 1.30 bits per heavy atom. The maximum Gasteiger partial charge on any atom is 0.422 e. The molecule has 1 aliphatic heterocycles. The van der Waals surface area contributed by atoms with Gasteiger partial charge in [0.05, 0.1) is 12.1 Å². The summed E-state index contributed by atoms with van der Waals surface area (Å²) in [5.74, 6) is 0.432. The van der Waals surface area contributed by atoms with E-state index in [0.29, 0.717) is 0 Å². The van der Waals surface area contributed by atoms with E-state index >= 15 is 0 Å². The van der Waals surface area contributed by atoms with E-state index in [2.05, 4.69) is 0 Å². The van der Waals surface area contributed by atoms with Crippen LogP contribution in [0.1, 0.15) is 50.7 Å². The third-order valence-electron chi connectivity index (χ3n) is 6.52. The molecule has 1 atom stereocenters. The van der Waals surface area contributed by atoms with Gasteiger partial charge in [0.15, 0.2) is 6.61 Å². The molecule has 6 nitrogen and oxygen atoms in total. The average Bonchev–Trinajstić information content (AvgIpc) is 3.17. The van der Waals surface area contributed by atoms with Crippen LogP contribution in [0.15, 0.2) is 23.2 Å². The SMILES string of the molecule is COC1CCC2(CC1)Cc1ccc(OCC(F)(F)F)cc1C21N=C(N)N(C(C)C)O1. The molecule has 9 heteroatoms. The number of methoxy groups -OCH3 is 1. The first-order valence-electron chi connectivity index (χ1n) is 10.3. The molecule has 2 aliphatic carbocycles. The number of halogens is 3. The van der Waals surface area contributed by atoms with E-state index in [-0.39, 0.29) is 29.3 Å². The normalized spacial score (nSPS) is 31.0. The molecule has 1 unspecified atom stereocenters. The Hall–Kier alpha value is -2.00. The highest BCUT2D eigenvalue weighted by Gasteiger charge is 2.64. The second-order valence-electron chi connectivity index (χ2n) is 8.74. The molecular weight excluding hydrogens is 399 g/mol. The van der Waals surface area contributed by atoms with E-state index < -0.39 is 18.5 Å². The van der Waals surface area contributed by atoms with Crippen molar-refractivity contribution in [3.8, 4) is 5.75 Å². The lowest BCUT2D eigenvalue weighted by atomic mass is 9.66. The standard InChI is InChI=1S/C21H28F3N3O3/c1-13(2)27-18(25)26-21(30-27)17-10-16(29-12-20(22,23)24)5-4-14(17)11-19(21)8-6-15(28-3)7-9-19/h4-5,10,13,15H,6-9,11-12H2,1-3H3,(H2,25,26). The van der Waals surface area contributed by atoms with Gasteiger partial charge in [0, 0.05) is 18.1 Å². The minimum atomic E-state index is -4.41. The number of aliphatic imine (C=N–C) groups is 1. The molecule has 2 N–H and O–H groups in total. The van der Waals surface area contributed by atoms with Gasteiger partial charge in [-0.2, -0.15) is 13.2 Å². The van der Waals surface area contributed by atoms with E-state index in [1.165, 1.54) is 0 Å². The van der Waals surface area contributed by atoms with Crippen molar-refractivity contribution >= 4 is 5.96 Å². The Kier molecular flexibility index (Phi) is 5.17. The molecule has 0 aromatic heterocycles. The summed E-state index contributed by atoms with van der Waals surface area (Å²) >= 11 is 0. The third kappa shape index (κ3) is 3.41. The van der Waals surface area contributed by atoms with Crippen molar-refractivity contribution in [3.05, 3.63) is 29.3 Å². The molecule has 1 aromatic carbocycles. The van der Waals surface area contributed by atoms with Gasteiger partial charge in [-0.25, -0.2) is 14.9 Å². The monoisotopic (exact) mass is 427 g/mol. The number of hydrogen-bond donors (Lipinski definition) is 1. The highest BCUT2D eigenvalue weighted by Crippen LogP contribution is 2.62. The fraction of sp³-hybridized carbons (Fsp3) is 0.667. The lowest BCUT2D eigenvalue weighted by molar-refractivity contribution is -0.251. The van der Waals surface area contributed by atoms with Gasteiger partial charge >= 0.3 is 6.18 Å². The predicted octanol–water partition coefficient (Wildman–Crippen LogP) is 3.88. The molecule has 0 amide bonds. The number of ether oxygens (including phenoxy) is 2. The summed E-state index contributed by atoms with van der Waals surface area (Å²) < 4.78 is 48.5. The smallest absolute Gasteiger partial charge is 0.422 e. The number of fused-ring (bicyclic) bond motifs is 3. The van der Waals surface area contributed by atoms with E-state index in [0.717, 1.165) is 43.2 Å². The number of rotatable bonds is 4. The molecular formula is C21H28F3N3O3. The van der Waals surface area contributed by atoms with Crippen LogP contribution in [-0.4, -0.2) is 43.1 Å². The molecule has 1 heterocycles. The van der Waals surface area contributed by atoms with Crippen LogP contribution in [-0.2, 0) is 21.7 Å². The van der Waals surface area contributed by atoms with E-state index in [1.54, 1.807) is 24.3 Å². The van der Waals surface area contributed by atoms with Gasteiger partial charge in [0.2, 0.25) is 11.7 Å². The molecule has 30 heavy (non-hydrogen) atoms. The summed E-state index contributed by atoms with van der Waals surface area (Å²) in [5.41, 5.74) is 6.59. The fourth-order valence-corrected chi connectivity index (χ4v) is 5.06. The first-order valence-corrected chi connectivity index (χ1v) is 10.3. The van der Waals surface area contributed by atoms with Crippen LogP contribution in [0.3, 0.4) is 0 Å². The van der Waals surface area contributed by atoms with Crippen LogP contribution >= 0.6 is 0 Å². The highest BCUT2D eigenvalue weighted by atomic mass is 19.4. The van der Waals surface area contributed by atoms with Crippen LogP contribution in [0.4, 0.5) is 13.2 Å². The van der Waals surface area contributed by atoms with Crippen molar-refractivity contribution < 1.29 is 27.5 Å². The lowest BCUT2D eigenvalue weighted by Gasteiger charge is -2.45. The summed E-state index contributed by atoms with van der Waals surface area (Å²) in [5, 5.41) is 1.60. The zero-order valence-corrected chi connectivity index (χ0v) is 17.5. The maximum absolute atomic E-state index is 12.7. The van der Waals surface area contributed by atoms with Crippen molar-refractivity contribution in [1.82, 2.24) is 5.06 Å². The van der Waals surface area contributed by atoms with E-state index in [9.17, 15) is 13.2 Å². The first kappa shape index (κ1) is 21.2. The van der Waals surface area contributed by atoms with Crippen LogP contribution in [0.2, 0.25) is 0 Å². The van der Waals surface area contributed by atoms with Crippen molar-refractivity contribution in [2.45, 2.75) is 70.0 Å². The number of nitrogens with zero attached hydrogens (tertiary/aromatic N) is 2. The Morgan fingerprint density at radius 2 is 2.00 bits per heavy atom. The number of alkyl halides is 3. The molecule has 3 aliphatic rings. The second kappa shape index (κ2) is 7.30. The molecule has 1 fully saturated rings. The Balaban J connectivity index is 1.74. The second-order valence-corrected chi connectivity index (χ2v) is 8.74. The molecule has 1 aromatic rings. The van der Waals surface area contributed by atoms with Crippen LogP contribution in [0.25, 0.3) is 0 Å². The van der Waals surface area contributed by atoms with Crippen molar-refractivity contribution in [3.63, 3.8) is 0 Å². The summed E-state index contributed by atoms with van der Waals surface area (Å²) in [6.45, 7) is 2.56. The van der Waals surface area contributed by atoms with Gasteiger partial charge in [0.25, 0.3) is 0 Å². The minimum absolute atomic E-state index is 0.0331. The van der Waals surface area contributed by atoms with Gasteiger partial charge in [-0.15, -0.1) is 0 Å². The maximum atomic E-state index is 12.7. The zero-order chi connectivity index (χ0) is 21.7. The Bertz CT molecular complexity index is 835. The molecule has 166 valence electrons. The summed E-state index contributed by atoms with van der Waals surface area (Å²) in [6, 6.07) is 5.01. The van der Waals surface area contributed by atoms with E-state index in [4.69, 9.17) is 25.0 Å². The largest absolute Gasteiger partial charge is 0.484 e. The summed E-state index contributed by atoms with van der Waals surface area (Å²) in [4.78, 5) is 11.3. The number of nitrogens with two attached hydrogens (primary N) is 1. The highest BCUT2D eigenvalue weighted by molar-refractivity contribution is 5.79. The van der Waals surface area contributed by atoms with Gasteiger partial charge in [-0.3, -0.25) is 0 Å². The molecule has 1 saturated carbocycles. The van der Waals surface area contributed by atoms with Gasteiger partial charge in [-0.1, -0.05) is 6.07 Å². The third-order valence-corrected chi connectivity index (χ3v) is 6.52. The molecule has 0 bridgehead atoms. The number of hydrogen-bond acceptors (Lipinski definition) is 6. The Labute approximate surface area is 174 Å². The number of guanidine groups is 1. The van der Waals surface area contributed by atoms with Crippen molar-refractivity contribution in [2.24, 2.45) is 16.1 Å². The average molecular weight is 427 g/mol. The minimum Gasteiger partial charge on any atom is -0.484 e. The fourth-order valence-electron chi connectivity index (χ4n) is 5.06. The number of benzene rings is 1.